The van der Waals surface area contributed by atoms with Gasteiger partial charge in [0.05, 0.1) is 6.61 Å². The van der Waals surface area contributed by atoms with Gasteiger partial charge in [0.1, 0.15) is 17.1 Å². The Morgan fingerprint density at radius 3 is 2.85 bits per heavy atom. The largest absolute Gasteiger partial charge is 0.493 e. The van der Waals surface area contributed by atoms with Gasteiger partial charge >= 0.3 is 0 Å². The van der Waals surface area contributed by atoms with Gasteiger partial charge in [0.15, 0.2) is 0 Å². The molecule has 2 saturated heterocycles. The number of hydrogen-bond acceptors (Lipinski definition) is 3. The topological polar surface area (TPSA) is 41.6 Å². The second-order valence-corrected chi connectivity index (χ2v) is 7.49. The van der Waals surface area contributed by atoms with Gasteiger partial charge in [-0.05, 0) is 55.5 Å². The van der Waals surface area contributed by atoms with Crippen molar-refractivity contribution >= 4 is 5.91 Å². The van der Waals surface area contributed by atoms with E-state index in [-0.39, 0.29) is 17.8 Å². The molecule has 0 aromatic heterocycles. The number of ether oxygens (including phenoxy) is 1. The van der Waals surface area contributed by atoms with Crippen LogP contribution in [0.2, 0.25) is 0 Å². The summed E-state index contributed by atoms with van der Waals surface area (Å²) in [4.78, 5) is 14.4. The molecule has 2 heterocycles. The van der Waals surface area contributed by atoms with Crippen LogP contribution in [0.4, 0.5) is 4.39 Å². The molecule has 2 atom stereocenters. The first-order chi connectivity index (χ1) is 13.0. The van der Waals surface area contributed by atoms with Gasteiger partial charge in [0.25, 0.3) is 0 Å². The standard InChI is InChI=1S/C22H25FN2O2/c1-3-27-20-14-17(23)7-8-18(20)15-5-4-6-16(13-15)19-9-10-22(24-19)11-12-25(2)21(22)26/h4-8,13-14,19,24H,3,9-12H2,1-2H3/t19-,22+/m1/s1. The molecular weight excluding hydrogens is 343 g/mol. The molecule has 27 heavy (non-hydrogen) atoms. The number of benzene rings is 2. The highest BCUT2D eigenvalue weighted by molar-refractivity contribution is 5.88. The third kappa shape index (κ3) is 3.21. The molecule has 2 aromatic carbocycles. The van der Waals surface area contributed by atoms with Crippen LogP contribution in [0.1, 0.15) is 37.8 Å². The van der Waals surface area contributed by atoms with Gasteiger partial charge < -0.3 is 9.64 Å². The molecule has 1 spiro atoms. The lowest BCUT2D eigenvalue weighted by Crippen LogP contribution is -2.47. The number of carbonyl (C=O) groups is 1. The maximum Gasteiger partial charge on any atom is 0.242 e. The maximum absolute atomic E-state index is 13.6. The van der Waals surface area contributed by atoms with Gasteiger partial charge in [-0.1, -0.05) is 18.2 Å². The Balaban J connectivity index is 1.62. The van der Waals surface area contributed by atoms with Crippen molar-refractivity contribution < 1.29 is 13.9 Å². The molecule has 0 radical (unpaired) electrons. The third-order valence-corrected chi connectivity index (χ3v) is 5.78. The number of carbonyl (C=O) groups excluding carboxylic acids is 1. The van der Waals surface area contributed by atoms with E-state index < -0.39 is 5.54 Å². The molecule has 4 nitrogen and oxygen atoms in total. The van der Waals surface area contributed by atoms with Crippen LogP contribution in [-0.2, 0) is 4.79 Å². The molecule has 142 valence electrons. The summed E-state index contributed by atoms with van der Waals surface area (Å²) >= 11 is 0. The zero-order valence-corrected chi connectivity index (χ0v) is 15.8. The van der Waals surface area contributed by atoms with Gasteiger partial charge in [-0.15, -0.1) is 0 Å². The SMILES string of the molecule is CCOc1cc(F)ccc1-c1cccc([C@H]2CC[C@@]3(CCN(C)C3=O)N2)c1. The Hall–Kier alpha value is -2.40. The van der Waals surface area contributed by atoms with Gasteiger partial charge in [-0.3, -0.25) is 10.1 Å². The molecule has 0 unspecified atom stereocenters. The minimum atomic E-state index is -0.401. The predicted octanol–water partition coefficient (Wildman–Crippen LogP) is 3.92. The van der Waals surface area contributed by atoms with Crippen LogP contribution < -0.4 is 10.1 Å². The van der Waals surface area contributed by atoms with Crippen LogP contribution in [0.3, 0.4) is 0 Å². The lowest BCUT2D eigenvalue weighted by molar-refractivity contribution is -0.131. The summed E-state index contributed by atoms with van der Waals surface area (Å²) in [5.74, 6) is 0.457. The molecular formula is C22H25FN2O2. The summed E-state index contributed by atoms with van der Waals surface area (Å²) in [6.45, 7) is 3.19. The number of hydrogen-bond donors (Lipinski definition) is 1. The van der Waals surface area contributed by atoms with Gasteiger partial charge in [0, 0.05) is 31.3 Å². The first-order valence-corrected chi connectivity index (χ1v) is 9.58. The van der Waals surface area contributed by atoms with Crippen molar-refractivity contribution in [2.24, 2.45) is 0 Å². The Kier molecular flexibility index (Phi) is 4.64. The lowest BCUT2D eigenvalue weighted by atomic mass is 9.95. The molecule has 1 N–H and O–H groups in total. The van der Waals surface area contributed by atoms with E-state index in [9.17, 15) is 9.18 Å². The van der Waals surface area contributed by atoms with Gasteiger partial charge in [-0.2, -0.15) is 0 Å². The molecule has 2 aliphatic rings. The van der Waals surface area contributed by atoms with Crippen LogP contribution in [0.25, 0.3) is 11.1 Å². The minimum Gasteiger partial charge on any atom is -0.493 e. The Labute approximate surface area is 159 Å². The molecule has 2 fully saturated rings. The summed E-state index contributed by atoms with van der Waals surface area (Å²) < 4.78 is 19.3. The minimum absolute atomic E-state index is 0.149. The fourth-order valence-corrected chi connectivity index (χ4v) is 4.35. The fourth-order valence-electron chi connectivity index (χ4n) is 4.35. The summed E-state index contributed by atoms with van der Waals surface area (Å²) in [5, 5.41) is 3.61. The second kappa shape index (κ2) is 6.97. The monoisotopic (exact) mass is 368 g/mol. The van der Waals surface area contributed by atoms with E-state index in [2.05, 4.69) is 17.4 Å². The van der Waals surface area contributed by atoms with Crippen molar-refractivity contribution in [3.8, 4) is 16.9 Å². The zero-order chi connectivity index (χ0) is 19.0. The highest BCUT2D eigenvalue weighted by Gasteiger charge is 2.49. The van der Waals surface area contributed by atoms with Crippen molar-refractivity contribution in [2.45, 2.75) is 37.8 Å². The van der Waals surface area contributed by atoms with E-state index in [1.807, 2.05) is 31.0 Å². The average molecular weight is 368 g/mol. The molecule has 1 amide bonds. The normalized spacial score (nSPS) is 24.8. The molecule has 0 aliphatic carbocycles. The van der Waals surface area contributed by atoms with E-state index >= 15 is 0 Å². The summed E-state index contributed by atoms with van der Waals surface area (Å²) in [6.07, 6.45) is 2.67. The summed E-state index contributed by atoms with van der Waals surface area (Å²) in [6, 6.07) is 13.0. The van der Waals surface area contributed by atoms with E-state index in [0.29, 0.717) is 12.4 Å². The van der Waals surface area contributed by atoms with Gasteiger partial charge in [-0.25, -0.2) is 4.39 Å². The first-order valence-electron chi connectivity index (χ1n) is 9.58. The van der Waals surface area contributed by atoms with Gasteiger partial charge in [0.2, 0.25) is 5.91 Å². The predicted molar refractivity (Wildman–Crippen MR) is 103 cm³/mol. The molecule has 2 aliphatic heterocycles. The Bertz CT molecular complexity index is 869. The Morgan fingerprint density at radius 1 is 1.26 bits per heavy atom. The number of likely N-dealkylation sites (tertiary alicyclic amines) is 1. The number of nitrogens with one attached hydrogen (secondary N) is 1. The zero-order valence-electron chi connectivity index (χ0n) is 15.8. The van der Waals surface area contributed by atoms with Crippen molar-refractivity contribution in [2.75, 3.05) is 20.2 Å². The molecule has 5 heteroatoms. The average Bonchev–Trinajstić information content (AvgIpc) is 3.22. The number of nitrogens with zero attached hydrogens (tertiary/aromatic N) is 1. The van der Waals surface area contributed by atoms with Crippen LogP contribution in [-0.4, -0.2) is 36.5 Å². The van der Waals surface area contributed by atoms with Crippen LogP contribution >= 0.6 is 0 Å². The lowest BCUT2D eigenvalue weighted by Gasteiger charge is -2.23. The summed E-state index contributed by atoms with van der Waals surface area (Å²) in [7, 11) is 1.87. The number of halogens is 1. The molecule has 4 rings (SSSR count). The first kappa shape index (κ1) is 18.0. The Morgan fingerprint density at radius 2 is 2.11 bits per heavy atom. The quantitative estimate of drug-likeness (QED) is 0.889. The van der Waals surface area contributed by atoms with Crippen molar-refractivity contribution in [1.29, 1.82) is 0 Å². The molecule has 0 saturated carbocycles. The van der Waals surface area contributed by atoms with Crippen molar-refractivity contribution in [3.05, 3.63) is 53.8 Å². The van der Waals surface area contributed by atoms with Crippen LogP contribution in [0, 0.1) is 5.82 Å². The number of amides is 1. The van der Waals surface area contributed by atoms with E-state index in [1.54, 1.807) is 6.07 Å². The van der Waals surface area contributed by atoms with Crippen molar-refractivity contribution in [3.63, 3.8) is 0 Å². The third-order valence-electron chi connectivity index (χ3n) is 5.78. The van der Waals surface area contributed by atoms with E-state index in [1.165, 1.54) is 12.1 Å². The molecule has 0 bridgehead atoms. The van der Waals surface area contributed by atoms with Crippen LogP contribution in [0.5, 0.6) is 5.75 Å². The van der Waals surface area contributed by atoms with Crippen molar-refractivity contribution in [1.82, 2.24) is 10.2 Å². The number of rotatable bonds is 4. The van der Waals surface area contributed by atoms with E-state index in [0.717, 1.165) is 42.5 Å². The van der Waals surface area contributed by atoms with E-state index in [4.69, 9.17) is 4.74 Å². The maximum atomic E-state index is 13.6. The second-order valence-electron chi connectivity index (χ2n) is 7.49. The van der Waals surface area contributed by atoms with Crippen LogP contribution in [0.15, 0.2) is 42.5 Å². The smallest absolute Gasteiger partial charge is 0.242 e. The highest BCUT2D eigenvalue weighted by atomic mass is 19.1. The summed E-state index contributed by atoms with van der Waals surface area (Å²) in [5.41, 5.74) is 2.62. The number of likely N-dealkylation sites (N-methyl/N-ethyl adjacent to an activating group) is 1. The molecule has 2 aromatic rings. The highest BCUT2D eigenvalue weighted by Crippen LogP contribution is 2.40. The fraction of sp³-hybridized carbons (Fsp3) is 0.409.